The second-order valence-corrected chi connectivity index (χ2v) is 6.56. The van der Waals surface area contributed by atoms with E-state index in [9.17, 15) is 4.79 Å². The predicted molar refractivity (Wildman–Crippen MR) is 104 cm³/mol. The minimum absolute atomic E-state index is 0.0477. The van der Waals surface area contributed by atoms with Crippen molar-refractivity contribution in [2.75, 3.05) is 27.7 Å². The summed E-state index contributed by atoms with van der Waals surface area (Å²) in [4.78, 5) is 14.9. The van der Waals surface area contributed by atoms with Crippen LogP contribution in [-0.4, -0.2) is 52.9 Å². The van der Waals surface area contributed by atoms with Crippen LogP contribution >= 0.6 is 0 Å². The lowest BCUT2D eigenvalue weighted by Crippen LogP contribution is -2.34. The summed E-state index contributed by atoms with van der Waals surface area (Å²) in [5.74, 6) is 1.41. The molecule has 0 saturated heterocycles. The number of hydrogen-bond donors (Lipinski definition) is 1. The van der Waals surface area contributed by atoms with Crippen molar-refractivity contribution in [3.8, 4) is 11.6 Å². The Kier molecular flexibility index (Phi) is 5.61. The van der Waals surface area contributed by atoms with Crippen LogP contribution in [0.25, 0.3) is 5.82 Å². The quantitative estimate of drug-likeness (QED) is 0.696. The highest BCUT2D eigenvalue weighted by Crippen LogP contribution is 2.21. The van der Waals surface area contributed by atoms with Gasteiger partial charge in [-0.05, 0) is 43.9 Å². The van der Waals surface area contributed by atoms with E-state index in [0.717, 1.165) is 17.1 Å². The van der Waals surface area contributed by atoms with E-state index < -0.39 is 0 Å². The first-order chi connectivity index (χ1) is 13.0. The van der Waals surface area contributed by atoms with Gasteiger partial charge in [-0.3, -0.25) is 9.48 Å². The van der Waals surface area contributed by atoms with Crippen LogP contribution in [-0.2, 0) is 7.05 Å². The fourth-order valence-electron chi connectivity index (χ4n) is 3.08. The number of likely N-dealkylation sites (N-methyl/N-ethyl adjacent to an activating group) is 1. The summed E-state index contributed by atoms with van der Waals surface area (Å²) in [7, 11) is 7.47. The molecule has 0 aliphatic heterocycles. The first kappa shape index (κ1) is 18.7. The van der Waals surface area contributed by atoms with E-state index in [-0.39, 0.29) is 11.9 Å². The minimum atomic E-state index is -0.146. The Morgan fingerprint density at radius 1 is 1.22 bits per heavy atom. The summed E-state index contributed by atoms with van der Waals surface area (Å²) in [5, 5.41) is 7.29. The second kappa shape index (κ2) is 8.09. The first-order valence-corrected chi connectivity index (χ1v) is 8.75. The normalized spacial score (nSPS) is 12.2. The van der Waals surface area contributed by atoms with Gasteiger partial charge in [0.2, 0.25) is 0 Å². The zero-order valence-corrected chi connectivity index (χ0v) is 16.1. The highest BCUT2D eigenvalue weighted by atomic mass is 16.5. The predicted octanol–water partition coefficient (Wildman–Crippen LogP) is 2.25. The number of nitrogens with zero attached hydrogens (tertiary/aromatic N) is 4. The van der Waals surface area contributed by atoms with Crippen LogP contribution in [0.3, 0.4) is 0 Å². The molecule has 3 rings (SSSR count). The molecule has 0 spiro atoms. The molecule has 0 bridgehead atoms. The summed E-state index contributed by atoms with van der Waals surface area (Å²) in [6.07, 6.45) is 5.39. The van der Waals surface area contributed by atoms with Crippen molar-refractivity contribution < 1.29 is 9.53 Å². The number of carbonyl (C=O) groups excluding carboxylic acids is 1. The minimum Gasteiger partial charge on any atom is -0.497 e. The molecule has 1 atom stereocenters. The Labute approximate surface area is 159 Å². The Morgan fingerprint density at radius 2 is 1.89 bits per heavy atom. The maximum absolute atomic E-state index is 12.8. The van der Waals surface area contributed by atoms with Crippen LogP contribution in [0, 0.1) is 0 Å². The van der Waals surface area contributed by atoms with Crippen molar-refractivity contribution in [3.05, 3.63) is 66.1 Å². The third-order valence-corrected chi connectivity index (χ3v) is 4.58. The van der Waals surface area contributed by atoms with Gasteiger partial charge in [0.25, 0.3) is 5.91 Å². The van der Waals surface area contributed by atoms with Gasteiger partial charge < -0.3 is 19.5 Å². The summed E-state index contributed by atoms with van der Waals surface area (Å²) in [5.41, 5.74) is 1.65. The SMILES string of the molecule is COc1ccc(C(CNC(=O)c2cnn(C)c2-n2cccc2)N(C)C)cc1. The van der Waals surface area contributed by atoms with Crippen molar-refractivity contribution >= 4 is 5.91 Å². The zero-order valence-electron chi connectivity index (χ0n) is 16.1. The molecule has 142 valence electrons. The molecule has 0 aliphatic carbocycles. The standard InChI is InChI=1S/C20H25N5O2/c1-23(2)18(15-7-9-16(27-4)10-8-15)14-21-19(26)17-13-22-24(3)20(17)25-11-5-6-12-25/h5-13,18H,14H2,1-4H3,(H,21,26). The van der Waals surface area contributed by atoms with E-state index in [1.165, 1.54) is 0 Å². The lowest BCUT2D eigenvalue weighted by molar-refractivity contribution is 0.0942. The fourth-order valence-corrected chi connectivity index (χ4v) is 3.08. The summed E-state index contributed by atoms with van der Waals surface area (Å²) in [6.45, 7) is 0.484. The lowest BCUT2D eigenvalue weighted by Gasteiger charge is -2.25. The van der Waals surface area contributed by atoms with Crippen molar-refractivity contribution in [2.45, 2.75) is 6.04 Å². The molecule has 1 N–H and O–H groups in total. The third-order valence-electron chi connectivity index (χ3n) is 4.58. The molecule has 1 unspecified atom stereocenters. The highest BCUT2D eigenvalue weighted by molar-refractivity contribution is 5.97. The van der Waals surface area contributed by atoms with Crippen molar-refractivity contribution in [1.82, 2.24) is 24.6 Å². The average molecular weight is 367 g/mol. The number of hydrogen-bond acceptors (Lipinski definition) is 4. The highest BCUT2D eigenvalue weighted by Gasteiger charge is 2.20. The van der Waals surface area contributed by atoms with Crippen molar-refractivity contribution in [1.29, 1.82) is 0 Å². The Balaban J connectivity index is 1.75. The zero-order chi connectivity index (χ0) is 19.4. The number of nitrogens with one attached hydrogen (secondary N) is 1. The van der Waals surface area contributed by atoms with Crippen LogP contribution in [0.15, 0.2) is 55.0 Å². The van der Waals surface area contributed by atoms with Gasteiger partial charge in [0, 0.05) is 26.0 Å². The topological polar surface area (TPSA) is 64.3 Å². The van der Waals surface area contributed by atoms with Crippen LogP contribution in [0.5, 0.6) is 5.75 Å². The van der Waals surface area contributed by atoms with Gasteiger partial charge in [0.1, 0.15) is 17.1 Å². The van der Waals surface area contributed by atoms with Crippen molar-refractivity contribution in [3.63, 3.8) is 0 Å². The number of benzene rings is 1. The maximum atomic E-state index is 12.8. The Morgan fingerprint density at radius 3 is 2.48 bits per heavy atom. The maximum Gasteiger partial charge on any atom is 0.256 e. The number of ether oxygens (including phenoxy) is 1. The lowest BCUT2D eigenvalue weighted by atomic mass is 10.1. The van der Waals surface area contributed by atoms with E-state index in [2.05, 4.69) is 15.3 Å². The smallest absolute Gasteiger partial charge is 0.256 e. The second-order valence-electron chi connectivity index (χ2n) is 6.56. The number of amides is 1. The van der Waals surface area contributed by atoms with Gasteiger partial charge in [-0.1, -0.05) is 12.1 Å². The van der Waals surface area contributed by atoms with Crippen LogP contribution < -0.4 is 10.1 Å². The molecule has 0 saturated carbocycles. The van der Waals surface area contributed by atoms with Crippen LogP contribution in [0.2, 0.25) is 0 Å². The first-order valence-electron chi connectivity index (χ1n) is 8.75. The average Bonchev–Trinajstić information content (AvgIpc) is 3.31. The van der Waals surface area contributed by atoms with Gasteiger partial charge in [-0.25, -0.2) is 0 Å². The molecule has 3 aromatic rings. The van der Waals surface area contributed by atoms with E-state index >= 15 is 0 Å². The van der Waals surface area contributed by atoms with Gasteiger partial charge in [0.05, 0.1) is 19.3 Å². The summed E-state index contributed by atoms with van der Waals surface area (Å²) < 4.78 is 8.80. The number of carbonyl (C=O) groups is 1. The molecular weight excluding hydrogens is 342 g/mol. The molecule has 2 aromatic heterocycles. The summed E-state index contributed by atoms with van der Waals surface area (Å²) in [6, 6.07) is 11.8. The van der Waals surface area contributed by atoms with Crippen LogP contribution in [0.4, 0.5) is 0 Å². The molecular formula is C20H25N5O2. The third kappa shape index (κ3) is 4.03. The molecule has 27 heavy (non-hydrogen) atoms. The molecule has 1 amide bonds. The Hall–Kier alpha value is -3.06. The summed E-state index contributed by atoms with van der Waals surface area (Å²) >= 11 is 0. The molecule has 0 radical (unpaired) electrons. The molecule has 0 fully saturated rings. The van der Waals surface area contributed by atoms with E-state index in [1.54, 1.807) is 18.0 Å². The van der Waals surface area contributed by atoms with Gasteiger partial charge in [-0.15, -0.1) is 0 Å². The number of aryl methyl sites for hydroxylation is 1. The number of rotatable bonds is 7. The number of aromatic nitrogens is 3. The van der Waals surface area contributed by atoms with Gasteiger partial charge >= 0.3 is 0 Å². The molecule has 7 heteroatoms. The molecule has 7 nitrogen and oxygen atoms in total. The van der Waals surface area contributed by atoms with E-state index in [0.29, 0.717) is 12.1 Å². The molecule has 1 aromatic carbocycles. The van der Waals surface area contributed by atoms with E-state index in [4.69, 9.17) is 4.74 Å². The van der Waals surface area contributed by atoms with E-state index in [1.807, 2.05) is 74.5 Å². The van der Waals surface area contributed by atoms with Gasteiger partial charge in [0.15, 0.2) is 0 Å². The molecule has 2 heterocycles. The molecule has 0 aliphatic rings. The number of methoxy groups -OCH3 is 1. The van der Waals surface area contributed by atoms with Gasteiger partial charge in [-0.2, -0.15) is 5.10 Å². The largest absolute Gasteiger partial charge is 0.497 e. The van der Waals surface area contributed by atoms with Crippen molar-refractivity contribution in [2.24, 2.45) is 7.05 Å². The van der Waals surface area contributed by atoms with Crippen LogP contribution in [0.1, 0.15) is 22.0 Å². The monoisotopic (exact) mass is 367 g/mol. The Bertz CT molecular complexity index is 882. The fraction of sp³-hybridized carbons (Fsp3) is 0.300.